The fraction of sp³-hybridized carbons (Fsp3) is 0.444. The molecule has 0 aromatic carbocycles. The van der Waals surface area contributed by atoms with Gasteiger partial charge in [0, 0.05) is 45.5 Å². The summed E-state index contributed by atoms with van der Waals surface area (Å²) in [5, 5.41) is 2.24. The number of rotatable bonds is 4. The molecule has 1 amide bonds. The van der Waals surface area contributed by atoms with E-state index in [2.05, 4.69) is 9.88 Å². The van der Waals surface area contributed by atoms with Crippen molar-refractivity contribution < 1.29 is 17.9 Å². The summed E-state index contributed by atoms with van der Waals surface area (Å²) in [5.41, 5.74) is 0. The average Bonchev–Trinajstić information content (AvgIpc) is 3.25. The highest BCUT2D eigenvalue weighted by atomic mass is 35.5. The van der Waals surface area contributed by atoms with Gasteiger partial charge in [-0.1, -0.05) is 11.6 Å². The second kappa shape index (κ2) is 8.57. The van der Waals surface area contributed by atoms with Gasteiger partial charge in [-0.25, -0.2) is 13.4 Å². The molecule has 11 heteroatoms. The monoisotopic (exact) mass is 456 g/mol. The van der Waals surface area contributed by atoms with Gasteiger partial charge in [0.05, 0.1) is 18.2 Å². The Labute approximate surface area is 178 Å². The van der Waals surface area contributed by atoms with E-state index in [-0.39, 0.29) is 15.7 Å². The normalized spacial score (nSPS) is 18.8. The lowest BCUT2D eigenvalue weighted by atomic mass is 10.3. The lowest BCUT2D eigenvalue weighted by molar-refractivity contribution is 0.0724. The minimum atomic E-state index is -3.71. The molecule has 0 spiro atoms. The van der Waals surface area contributed by atoms with Crippen LogP contribution in [0.3, 0.4) is 0 Å². The lowest BCUT2D eigenvalue weighted by Gasteiger charge is -2.35. The quantitative estimate of drug-likeness (QED) is 0.697. The number of piperazine rings is 1. The third kappa shape index (κ3) is 4.26. The minimum Gasteiger partial charge on any atom is -0.379 e. The van der Waals surface area contributed by atoms with Crippen LogP contribution in [-0.4, -0.2) is 81.0 Å². The van der Waals surface area contributed by atoms with E-state index in [4.69, 9.17) is 16.3 Å². The van der Waals surface area contributed by atoms with E-state index in [0.29, 0.717) is 57.5 Å². The summed E-state index contributed by atoms with van der Waals surface area (Å²) in [6.07, 6.45) is 1.60. The first-order valence-electron chi connectivity index (χ1n) is 9.28. The molecule has 2 saturated heterocycles. The van der Waals surface area contributed by atoms with E-state index in [1.165, 1.54) is 21.7 Å². The van der Waals surface area contributed by atoms with E-state index in [1.54, 1.807) is 22.5 Å². The Morgan fingerprint density at radius 1 is 1.07 bits per heavy atom. The molecule has 0 N–H and O–H groups in total. The second-order valence-electron chi connectivity index (χ2n) is 6.74. The van der Waals surface area contributed by atoms with Crippen molar-refractivity contribution in [3.05, 3.63) is 39.7 Å². The van der Waals surface area contributed by atoms with Gasteiger partial charge in [-0.05, 0) is 23.6 Å². The summed E-state index contributed by atoms with van der Waals surface area (Å²) in [5.74, 6) is 0.573. The number of halogens is 1. The number of hydrogen-bond donors (Lipinski definition) is 0. The lowest BCUT2D eigenvalue weighted by Crippen LogP contribution is -2.49. The number of carbonyl (C=O) groups excluding carboxylic acids is 1. The summed E-state index contributed by atoms with van der Waals surface area (Å²) in [6.45, 7) is 3.59. The molecular formula is C18H21ClN4O4S2. The van der Waals surface area contributed by atoms with E-state index in [9.17, 15) is 13.2 Å². The zero-order chi connectivity index (χ0) is 20.4. The van der Waals surface area contributed by atoms with Crippen LogP contribution in [-0.2, 0) is 14.8 Å². The molecule has 156 valence electrons. The van der Waals surface area contributed by atoms with Gasteiger partial charge in [-0.3, -0.25) is 4.79 Å². The Morgan fingerprint density at radius 2 is 1.79 bits per heavy atom. The van der Waals surface area contributed by atoms with Gasteiger partial charge < -0.3 is 14.5 Å². The maximum atomic E-state index is 13.1. The number of morpholine rings is 1. The summed E-state index contributed by atoms with van der Waals surface area (Å²) in [7, 11) is -3.71. The third-order valence-corrected chi connectivity index (χ3v) is 8.21. The van der Waals surface area contributed by atoms with E-state index < -0.39 is 10.0 Å². The largest absolute Gasteiger partial charge is 0.379 e. The van der Waals surface area contributed by atoms with Crippen molar-refractivity contribution in [1.29, 1.82) is 0 Å². The molecule has 4 heterocycles. The number of thiophene rings is 1. The van der Waals surface area contributed by atoms with Crippen molar-refractivity contribution in [2.24, 2.45) is 0 Å². The average molecular weight is 457 g/mol. The molecule has 4 rings (SSSR count). The number of sulfonamides is 1. The van der Waals surface area contributed by atoms with Crippen molar-refractivity contribution in [2.45, 2.75) is 4.90 Å². The van der Waals surface area contributed by atoms with Crippen molar-refractivity contribution in [3.8, 4) is 0 Å². The number of pyridine rings is 1. The van der Waals surface area contributed by atoms with Crippen LogP contribution in [0.15, 0.2) is 34.7 Å². The molecule has 0 saturated carbocycles. The number of anilines is 1. The van der Waals surface area contributed by atoms with Gasteiger partial charge in [0.15, 0.2) is 0 Å². The van der Waals surface area contributed by atoms with Crippen LogP contribution < -0.4 is 4.90 Å². The Hall–Kier alpha value is -1.72. The molecule has 2 aromatic rings. The van der Waals surface area contributed by atoms with Crippen LogP contribution in [0, 0.1) is 0 Å². The molecule has 0 unspecified atom stereocenters. The minimum absolute atomic E-state index is 0.0937. The van der Waals surface area contributed by atoms with Crippen molar-refractivity contribution in [2.75, 3.05) is 57.4 Å². The Bertz CT molecular complexity index is 966. The van der Waals surface area contributed by atoms with Crippen LogP contribution in [0.5, 0.6) is 0 Å². The number of aromatic nitrogens is 1. The van der Waals surface area contributed by atoms with Gasteiger partial charge in [0.1, 0.15) is 15.6 Å². The molecule has 2 aliphatic heterocycles. The molecule has 0 bridgehead atoms. The van der Waals surface area contributed by atoms with Crippen LogP contribution in [0.2, 0.25) is 5.02 Å². The SMILES string of the molecule is O=C(c1sccc1S(=O)(=O)N1CCOCC1)N1CCN(c2ccc(Cl)cn2)CC1. The van der Waals surface area contributed by atoms with Crippen molar-refractivity contribution in [1.82, 2.24) is 14.2 Å². The van der Waals surface area contributed by atoms with E-state index in [1.807, 2.05) is 6.07 Å². The van der Waals surface area contributed by atoms with E-state index >= 15 is 0 Å². The number of amides is 1. The maximum absolute atomic E-state index is 13.1. The molecule has 2 aliphatic rings. The van der Waals surface area contributed by atoms with Gasteiger partial charge in [0.25, 0.3) is 5.91 Å². The molecular weight excluding hydrogens is 436 g/mol. The second-order valence-corrected chi connectivity index (χ2v) is 10.0. The fourth-order valence-corrected chi connectivity index (χ4v) is 6.30. The highest BCUT2D eigenvalue weighted by molar-refractivity contribution is 7.89. The molecule has 8 nitrogen and oxygen atoms in total. The summed E-state index contributed by atoms with van der Waals surface area (Å²) in [6, 6.07) is 5.17. The molecule has 0 atom stereocenters. The van der Waals surface area contributed by atoms with E-state index in [0.717, 1.165) is 5.82 Å². The highest BCUT2D eigenvalue weighted by Gasteiger charge is 2.33. The first kappa shape index (κ1) is 20.5. The smallest absolute Gasteiger partial charge is 0.265 e. The number of ether oxygens (including phenoxy) is 1. The summed E-state index contributed by atoms with van der Waals surface area (Å²) >= 11 is 7.06. The predicted molar refractivity (Wildman–Crippen MR) is 111 cm³/mol. The Kier molecular flexibility index (Phi) is 6.07. The fourth-order valence-electron chi connectivity index (χ4n) is 3.42. The predicted octanol–water partition coefficient (Wildman–Crippen LogP) is 1.78. The van der Waals surface area contributed by atoms with Crippen LogP contribution in [0.1, 0.15) is 9.67 Å². The summed E-state index contributed by atoms with van der Waals surface area (Å²) < 4.78 is 32.6. The number of hydrogen-bond acceptors (Lipinski definition) is 7. The number of nitrogens with zero attached hydrogens (tertiary/aromatic N) is 4. The summed E-state index contributed by atoms with van der Waals surface area (Å²) in [4.78, 5) is 21.5. The number of carbonyl (C=O) groups is 1. The third-order valence-electron chi connectivity index (χ3n) is 5.01. The molecule has 0 aliphatic carbocycles. The molecule has 2 aromatic heterocycles. The molecule has 29 heavy (non-hydrogen) atoms. The Balaban J connectivity index is 1.46. The zero-order valence-electron chi connectivity index (χ0n) is 15.7. The van der Waals surface area contributed by atoms with Crippen molar-refractivity contribution in [3.63, 3.8) is 0 Å². The van der Waals surface area contributed by atoms with Crippen LogP contribution in [0.25, 0.3) is 0 Å². The van der Waals surface area contributed by atoms with Gasteiger partial charge in [0.2, 0.25) is 10.0 Å². The standard InChI is InChI=1S/C18H21ClN4O4S2/c19-14-1-2-16(20-13-14)21-4-6-22(7-5-21)18(24)17-15(3-12-28-17)29(25,26)23-8-10-27-11-9-23/h1-3,12-13H,4-11H2. The molecule has 0 radical (unpaired) electrons. The first-order valence-corrected chi connectivity index (χ1v) is 12.0. The highest BCUT2D eigenvalue weighted by Crippen LogP contribution is 2.28. The first-order chi connectivity index (χ1) is 14.0. The van der Waals surface area contributed by atoms with Crippen molar-refractivity contribution >= 4 is 44.7 Å². The maximum Gasteiger partial charge on any atom is 0.265 e. The Morgan fingerprint density at radius 3 is 2.45 bits per heavy atom. The zero-order valence-corrected chi connectivity index (χ0v) is 18.0. The van der Waals surface area contributed by atoms with Gasteiger partial charge in [-0.2, -0.15) is 4.31 Å². The topological polar surface area (TPSA) is 83.0 Å². The van der Waals surface area contributed by atoms with Crippen LogP contribution in [0.4, 0.5) is 5.82 Å². The van der Waals surface area contributed by atoms with Gasteiger partial charge >= 0.3 is 0 Å². The van der Waals surface area contributed by atoms with Gasteiger partial charge in [-0.15, -0.1) is 11.3 Å². The molecule has 2 fully saturated rings. The van der Waals surface area contributed by atoms with Crippen LogP contribution >= 0.6 is 22.9 Å².